The van der Waals surface area contributed by atoms with E-state index in [4.69, 9.17) is 20.8 Å². The average molecular weight is 411 g/mol. The molecule has 4 bridgehead atoms. The minimum absolute atomic E-state index is 0.0894. The number of carbonyl (C=O) groups is 1. The molecule has 1 aromatic heterocycles. The summed E-state index contributed by atoms with van der Waals surface area (Å²) in [7, 11) is 0. The lowest BCUT2D eigenvalue weighted by atomic mass is 9.48. The Kier molecular flexibility index (Phi) is 4.82. The highest BCUT2D eigenvalue weighted by Crippen LogP contribution is 2.60. The fraction of sp³-hybridized carbons (Fsp3) is 0.480. The first kappa shape index (κ1) is 19.0. The van der Waals surface area contributed by atoms with Crippen molar-refractivity contribution >= 4 is 23.5 Å². The summed E-state index contributed by atoms with van der Waals surface area (Å²) < 4.78 is 11.7. The molecular weight excluding hydrogens is 384 g/mol. The molecule has 3 nitrogen and oxygen atoms in total. The number of rotatable bonds is 6. The monoisotopic (exact) mass is 410 g/mol. The third kappa shape index (κ3) is 3.66. The maximum Gasteiger partial charge on any atom is 0.161 e. The molecule has 4 fully saturated rings. The molecule has 1 heterocycles. The van der Waals surface area contributed by atoms with Crippen molar-refractivity contribution < 1.29 is 13.9 Å². The molecule has 0 atom stereocenters. The Balaban J connectivity index is 1.23. The van der Waals surface area contributed by atoms with Crippen LogP contribution in [0.3, 0.4) is 0 Å². The van der Waals surface area contributed by atoms with Gasteiger partial charge in [-0.3, -0.25) is 4.79 Å². The summed E-state index contributed by atoms with van der Waals surface area (Å²) in [5.41, 5.74) is 0.829. The van der Waals surface area contributed by atoms with E-state index in [0.29, 0.717) is 23.2 Å². The van der Waals surface area contributed by atoms with E-state index in [0.717, 1.165) is 54.1 Å². The second kappa shape index (κ2) is 7.36. The molecule has 29 heavy (non-hydrogen) atoms. The van der Waals surface area contributed by atoms with Crippen LogP contribution in [0.2, 0.25) is 5.02 Å². The molecule has 0 saturated heterocycles. The normalized spacial score (nSPS) is 30.2. The highest BCUT2D eigenvalue weighted by Gasteiger charge is 2.53. The van der Waals surface area contributed by atoms with Crippen LogP contribution in [0.4, 0.5) is 0 Å². The molecule has 0 unspecified atom stereocenters. The molecule has 4 saturated carbocycles. The van der Waals surface area contributed by atoms with Crippen LogP contribution in [0.25, 0.3) is 6.08 Å². The van der Waals surface area contributed by atoms with E-state index in [-0.39, 0.29) is 5.41 Å². The summed E-state index contributed by atoms with van der Waals surface area (Å²) >= 11 is 6.14. The van der Waals surface area contributed by atoms with Crippen molar-refractivity contribution in [1.82, 2.24) is 0 Å². The number of halogens is 1. The van der Waals surface area contributed by atoms with Gasteiger partial charge in [-0.05, 0) is 99.6 Å². The van der Waals surface area contributed by atoms with Crippen molar-refractivity contribution in [2.24, 2.45) is 23.2 Å². The van der Waals surface area contributed by atoms with Gasteiger partial charge in [-0.2, -0.15) is 0 Å². The summed E-state index contributed by atoms with van der Waals surface area (Å²) in [6.07, 6.45) is 10.9. The van der Waals surface area contributed by atoms with Crippen LogP contribution >= 0.6 is 11.6 Å². The van der Waals surface area contributed by atoms with E-state index in [2.05, 4.69) is 0 Å². The van der Waals surface area contributed by atoms with E-state index in [1.165, 1.54) is 19.3 Å². The van der Waals surface area contributed by atoms with E-state index in [1.807, 2.05) is 43.3 Å². The fourth-order valence-corrected chi connectivity index (χ4v) is 6.37. The molecule has 0 spiro atoms. The quantitative estimate of drug-likeness (QED) is 0.502. The van der Waals surface area contributed by atoms with Crippen molar-refractivity contribution in [2.45, 2.75) is 52.1 Å². The van der Waals surface area contributed by atoms with Gasteiger partial charge in [-0.25, -0.2) is 0 Å². The van der Waals surface area contributed by atoms with E-state index in [9.17, 15) is 4.79 Å². The van der Waals surface area contributed by atoms with Gasteiger partial charge in [0.15, 0.2) is 5.78 Å². The number of benzene rings is 1. The van der Waals surface area contributed by atoms with Crippen LogP contribution in [0.5, 0.6) is 5.75 Å². The Bertz CT molecular complexity index is 919. The Labute approximate surface area is 177 Å². The third-order valence-electron chi connectivity index (χ3n) is 7.23. The minimum Gasteiger partial charge on any atom is -0.485 e. The first-order valence-corrected chi connectivity index (χ1v) is 11.1. The largest absolute Gasteiger partial charge is 0.485 e. The number of hydrogen-bond donors (Lipinski definition) is 0. The zero-order valence-corrected chi connectivity index (χ0v) is 17.6. The van der Waals surface area contributed by atoms with Crippen LogP contribution in [-0.2, 0) is 11.4 Å². The molecule has 2 aromatic rings. The summed E-state index contributed by atoms with van der Waals surface area (Å²) in [4.78, 5) is 13.1. The van der Waals surface area contributed by atoms with Gasteiger partial charge in [0.2, 0.25) is 0 Å². The van der Waals surface area contributed by atoms with Crippen molar-refractivity contribution in [3.05, 3.63) is 58.5 Å². The number of allylic oxidation sites excluding steroid dienone is 1. The Morgan fingerprint density at radius 1 is 1.14 bits per heavy atom. The van der Waals surface area contributed by atoms with Gasteiger partial charge < -0.3 is 9.15 Å². The van der Waals surface area contributed by atoms with Gasteiger partial charge in [0.1, 0.15) is 23.9 Å². The minimum atomic E-state index is -0.0894. The summed E-state index contributed by atoms with van der Waals surface area (Å²) in [5, 5.41) is 0.689. The maximum atomic E-state index is 13.1. The number of hydrogen-bond acceptors (Lipinski definition) is 3. The second-order valence-electron chi connectivity index (χ2n) is 9.35. The standard InChI is InChI=1S/C25H27ClO3/c1-16-22(26)3-2-4-23(16)28-15-21-6-5-20(29-21)7-8-24(27)25-12-17-9-18(13-25)11-19(10-17)14-25/h2-8,17-19H,9-15H2,1H3/b8-7+. The van der Waals surface area contributed by atoms with Gasteiger partial charge in [0.05, 0.1) is 0 Å². The van der Waals surface area contributed by atoms with E-state index < -0.39 is 0 Å². The highest BCUT2D eigenvalue weighted by atomic mass is 35.5. The lowest BCUT2D eigenvalue weighted by Crippen LogP contribution is -2.49. The smallest absolute Gasteiger partial charge is 0.161 e. The molecule has 4 heteroatoms. The van der Waals surface area contributed by atoms with Crippen LogP contribution in [0.15, 0.2) is 40.8 Å². The molecule has 0 amide bonds. The van der Waals surface area contributed by atoms with Crippen LogP contribution in [-0.4, -0.2) is 5.78 Å². The summed E-state index contributed by atoms with van der Waals surface area (Å²) in [5.74, 6) is 4.82. The first-order chi connectivity index (χ1) is 14.0. The van der Waals surface area contributed by atoms with Gasteiger partial charge >= 0.3 is 0 Å². The molecule has 6 rings (SSSR count). The van der Waals surface area contributed by atoms with Crippen molar-refractivity contribution in [1.29, 1.82) is 0 Å². The SMILES string of the molecule is Cc1c(Cl)cccc1OCc1ccc(/C=C/C(=O)C23CC4CC(CC(C4)C2)C3)o1. The van der Waals surface area contributed by atoms with E-state index in [1.54, 1.807) is 6.08 Å². The predicted octanol–water partition coefficient (Wildman–Crippen LogP) is 6.62. The lowest BCUT2D eigenvalue weighted by molar-refractivity contribution is -0.138. The maximum absolute atomic E-state index is 13.1. The number of ketones is 1. The molecule has 4 aliphatic rings. The Morgan fingerprint density at radius 2 is 1.83 bits per heavy atom. The van der Waals surface area contributed by atoms with Gasteiger partial charge in [0, 0.05) is 16.0 Å². The molecule has 152 valence electrons. The number of furan rings is 1. The van der Waals surface area contributed by atoms with E-state index >= 15 is 0 Å². The van der Waals surface area contributed by atoms with Gasteiger partial charge in [-0.15, -0.1) is 0 Å². The summed E-state index contributed by atoms with van der Waals surface area (Å²) in [6, 6.07) is 9.41. The molecule has 1 aromatic carbocycles. The zero-order valence-electron chi connectivity index (χ0n) is 16.8. The zero-order chi connectivity index (χ0) is 20.0. The van der Waals surface area contributed by atoms with Crippen LogP contribution in [0.1, 0.15) is 55.6 Å². The van der Waals surface area contributed by atoms with Gasteiger partial charge in [-0.1, -0.05) is 17.7 Å². The summed E-state index contributed by atoms with van der Waals surface area (Å²) in [6.45, 7) is 2.27. The predicted molar refractivity (Wildman–Crippen MR) is 114 cm³/mol. The third-order valence-corrected chi connectivity index (χ3v) is 7.64. The molecule has 0 N–H and O–H groups in total. The molecular formula is C25H27ClO3. The van der Waals surface area contributed by atoms with Crippen molar-refractivity contribution in [3.8, 4) is 5.75 Å². The molecule has 4 aliphatic carbocycles. The Morgan fingerprint density at radius 3 is 2.52 bits per heavy atom. The fourth-order valence-electron chi connectivity index (χ4n) is 6.20. The average Bonchev–Trinajstić information content (AvgIpc) is 3.14. The van der Waals surface area contributed by atoms with Crippen LogP contribution < -0.4 is 4.74 Å². The highest BCUT2D eigenvalue weighted by molar-refractivity contribution is 6.31. The second-order valence-corrected chi connectivity index (χ2v) is 9.76. The first-order valence-electron chi connectivity index (χ1n) is 10.7. The van der Waals surface area contributed by atoms with Crippen LogP contribution in [0, 0.1) is 30.1 Å². The van der Waals surface area contributed by atoms with Crippen molar-refractivity contribution in [2.75, 3.05) is 0 Å². The lowest BCUT2D eigenvalue weighted by Gasteiger charge is -2.55. The molecule has 0 radical (unpaired) electrons. The Hall–Kier alpha value is -2.00. The number of ether oxygens (including phenoxy) is 1. The topological polar surface area (TPSA) is 39.4 Å². The van der Waals surface area contributed by atoms with Gasteiger partial charge in [0.25, 0.3) is 0 Å². The van der Waals surface area contributed by atoms with Crippen molar-refractivity contribution in [3.63, 3.8) is 0 Å². The molecule has 0 aliphatic heterocycles. The number of carbonyl (C=O) groups excluding carboxylic acids is 1.